The van der Waals surface area contributed by atoms with E-state index in [1.165, 1.54) is 0 Å². The lowest BCUT2D eigenvalue weighted by Crippen LogP contribution is -2.22. The van der Waals surface area contributed by atoms with Crippen molar-refractivity contribution in [1.29, 1.82) is 0 Å². The molecule has 2 heteroatoms. The second kappa shape index (κ2) is 4.13. The van der Waals surface area contributed by atoms with Gasteiger partial charge in [0.05, 0.1) is 0 Å². The van der Waals surface area contributed by atoms with E-state index in [2.05, 4.69) is 0 Å². The number of ketones is 2. The van der Waals surface area contributed by atoms with Crippen molar-refractivity contribution in [2.75, 3.05) is 0 Å². The molecule has 0 aliphatic heterocycles. The number of hydrogen-bond donors (Lipinski definition) is 0. The van der Waals surface area contributed by atoms with Crippen LogP contribution in [0.25, 0.3) is 21.9 Å². The van der Waals surface area contributed by atoms with Crippen LogP contribution in [0.4, 0.5) is 0 Å². The molecule has 21 heavy (non-hydrogen) atoms. The van der Waals surface area contributed by atoms with Crippen LogP contribution in [0.2, 0.25) is 0 Å². The molecule has 1 aliphatic carbocycles. The number of carbonyl (C=O) groups is 2. The molecule has 3 aromatic carbocycles. The molecule has 0 heterocycles. The molecule has 0 fully saturated rings. The standard InChI is InChI=1S/C19H12O2/c1-11-13-7-3-2-6-12(13)10-16-14-8-4-5-9-15(14)18(20)19(21)17(11)16/h2-10H,1H3. The fourth-order valence-electron chi connectivity index (χ4n) is 3.19. The molecule has 1 aliphatic rings. The highest BCUT2D eigenvalue weighted by molar-refractivity contribution is 6.53. The molecule has 0 N–H and O–H groups in total. The van der Waals surface area contributed by atoms with Crippen LogP contribution < -0.4 is 0 Å². The molecule has 0 spiro atoms. The van der Waals surface area contributed by atoms with Crippen LogP contribution in [0.3, 0.4) is 0 Å². The quantitative estimate of drug-likeness (QED) is 0.575. The molecule has 0 unspecified atom stereocenters. The Morgan fingerprint density at radius 2 is 1.38 bits per heavy atom. The van der Waals surface area contributed by atoms with Crippen molar-refractivity contribution in [1.82, 2.24) is 0 Å². The number of rotatable bonds is 0. The highest BCUT2D eigenvalue weighted by Crippen LogP contribution is 2.38. The molecule has 0 aromatic heterocycles. The van der Waals surface area contributed by atoms with Gasteiger partial charge in [0, 0.05) is 11.1 Å². The van der Waals surface area contributed by atoms with Gasteiger partial charge in [0.2, 0.25) is 11.6 Å². The molecular weight excluding hydrogens is 260 g/mol. The van der Waals surface area contributed by atoms with Gasteiger partial charge in [0.25, 0.3) is 0 Å². The molecule has 3 aromatic rings. The van der Waals surface area contributed by atoms with E-state index in [9.17, 15) is 9.59 Å². The van der Waals surface area contributed by atoms with Crippen molar-refractivity contribution >= 4 is 22.3 Å². The Kier molecular flexibility index (Phi) is 2.36. The van der Waals surface area contributed by atoms with Crippen LogP contribution in [0.15, 0.2) is 54.6 Å². The Morgan fingerprint density at radius 1 is 0.714 bits per heavy atom. The Balaban J connectivity index is 2.20. The van der Waals surface area contributed by atoms with E-state index in [0.717, 1.165) is 27.5 Å². The first-order valence-electron chi connectivity index (χ1n) is 6.89. The molecule has 0 atom stereocenters. The third kappa shape index (κ3) is 1.53. The van der Waals surface area contributed by atoms with Crippen molar-refractivity contribution in [2.45, 2.75) is 6.92 Å². The van der Waals surface area contributed by atoms with Gasteiger partial charge in [-0.15, -0.1) is 0 Å². The predicted molar refractivity (Wildman–Crippen MR) is 82.8 cm³/mol. The first-order valence-corrected chi connectivity index (χ1v) is 6.89. The first kappa shape index (κ1) is 12.0. The van der Waals surface area contributed by atoms with Gasteiger partial charge in [-0.1, -0.05) is 48.5 Å². The van der Waals surface area contributed by atoms with Crippen molar-refractivity contribution in [2.24, 2.45) is 0 Å². The molecule has 0 amide bonds. The smallest absolute Gasteiger partial charge is 0.234 e. The van der Waals surface area contributed by atoms with Gasteiger partial charge in [-0.25, -0.2) is 0 Å². The van der Waals surface area contributed by atoms with E-state index in [1.807, 2.05) is 49.4 Å². The van der Waals surface area contributed by atoms with E-state index in [1.54, 1.807) is 12.1 Å². The molecule has 0 saturated carbocycles. The molecule has 4 rings (SSSR count). The van der Waals surface area contributed by atoms with E-state index in [0.29, 0.717) is 11.1 Å². The van der Waals surface area contributed by atoms with E-state index in [4.69, 9.17) is 0 Å². The number of fused-ring (bicyclic) bond motifs is 4. The van der Waals surface area contributed by atoms with Crippen LogP contribution >= 0.6 is 0 Å². The summed E-state index contributed by atoms with van der Waals surface area (Å²) in [6.07, 6.45) is 0. The fraction of sp³-hybridized carbons (Fsp3) is 0.0526. The Bertz CT molecular complexity index is 935. The normalized spacial score (nSPS) is 13.2. The van der Waals surface area contributed by atoms with Crippen molar-refractivity contribution in [3.8, 4) is 11.1 Å². The maximum absolute atomic E-state index is 12.5. The lowest BCUT2D eigenvalue weighted by atomic mass is 9.80. The molecule has 0 saturated heterocycles. The third-order valence-corrected chi connectivity index (χ3v) is 4.20. The van der Waals surface area contributed by atoms with E-state index in [-0.39, 0.29) is 0 Å². The zero-order valence-corrected chi connectivity index (χ0v) is 11.5. The lowest BCUT2D eigenvalue weighted by Gasteiger charge is -2.21. The number of carbonyl (C=O) groups excluding carboxylic acids is 2. The number of benzene rings is 3. The summed E-state index contributed by atoms with van der Waals surface area (Å²) in [5.74, 6) is -0.802. The van der Waals surface area contributed by atoms with Crippen LogP contribution in [0.1, 0.15) is 26.3 Å². The second-order valence-corrected chi connectivity index (χ2v) is 5.35. The van der Waals surface area contributed by atoms with E-state index < -0.39 is 11.6 Å². The molecule has 0 radical (unpaired) electrons. The molecule has 2 nitrogen and oxygen atoms in total. The maximum atomic E-state index is 12.5. The van der Waals surface area contributed by atoms with Gasteiger partial charge in [-0.2, -0.15) is 0 Å². The SMILES string of the molecule is Cc1c2c(cc3ccccc13)-c1ccccc1C(=O)C2=O. The maximum Gasteiger partial charge on any atom is 0.234 e. The summed E-state index contributed by atoms with van der Waals surface area (Å²) < 4.78 is 0. The summed E-state index contributed by atoms with van der Waals surface area (Å²) in [7, 11) is 0. The van der Waals surface area contributed by atoms with Crippen LogP contribution in [0.5, 0.6) is 0 Å². The highest BCUT2D eigenvalue weighted by Gasteiger charge is 2.31. The minimum atomic E-state index is -0.406. The summed E-state index contributed by atoms with van der Waals surface area (Å²) in [5.41, 5.74) is 3.66. The molecular formula is C19H12O2. The Morgan fingerprint density at radius 3 is 2.19 bits per heavy atom. The number of aryl methyl sites for hydroxylation is 1. The van der Waals surface area contributed by atoms with Gasteiger partial charge in [-0.05, 0) is 40.5 Å². The summed E-state index contributed by atoms with van der Waals surface area (Å²) >= 11 is 0. The minimum Gasteiger partial charge on any atom is -0.285 e. The second-order valence-electron chi connectivity index (χ2n) is 5.35. The fourth-order valence-corrected chi connectivity index (χ4v) is 3.19. The monoisotopic (exact) mass is 272 g/mol. The minimum absolute atomic E-state index is 0.396. The highest BCUT2D eigenvalue weighted by atomic mass is 16.2. The summed E-state index contributed by atoms with van der Waals surface area (Å²) in [4.78, 5) is 24.8. The zero-order valence-electron chi connectivity index (χ0n) is 11.5. The van der Waals surface area contributed by atoms with Crippen LogP contribution in [-0.2, 0) is 0 Å². The molecule has 100 valence electrons. The Labute approximate surface area is 122 Å². The molecule has 0 bridgehead atoms. The van der Waals surface area contributed by atoms with E-state index >= 15 is 0 Å². The van der Waals surface area contributed by atoms with Gasteiger partial charge >= 0.3 is 0 Å². The predicted octanol–water partition coefficient (Wildman–Crippen LogP) is 4.19. The summed E-state index contributed by atoms with van der Waals surface area (Å²) in [6, 6.07) is 17.3. The van der Waals surface area contributed by atoms with Crippen LogP contribution in [-0.4, -0.2) is 11.6 Å². The van der Waals surface area contributed by atoms with Gasteiger partial charge in [0.15, 0.2) is 0 Å². The average molecular weight is 272 g/mol. The van der Waals surface area contributed by atoms with Crippen molar-refractivity contribution in [3.63, 3.8) is 0 Å². The van der Waals surface area contributed by atoms with Gasteiger partial charge in [0.1, 0.15) is 0 Å². The lowest BCUT2D eigenvalue weighted by molar-refractivity contribution is 0.0815. The first-order chi connectivity index (χ1) is 10.2. The number of Topliss-reactive ketones (excluding diaryl/α,β-unsaturated/α-hetero) is 2. The van der Waals surface area contributed by atoms with Gasteiger partial charge < -0.3 is 0 Å². The topological polar surface area (TPSA) is 34.1 Å². The van der Waals surface area contributed by atoms with Crippen molar-refractivity contribution < 1.29 is 9.59 Å². The van der Waals surface area contributed by atoms with Crippen LogP contribution in [0, 0.1) is 6.92 Å². The summed E-state index contributed by atoms with van der Waals surface area (Å²) in [6.45, 7) is 1.92. The van der Waals surface area contributed by atoms with Crippen molar-refractivity contribution in [3.05, 3.63) is 71.3 Å². The van der Waals surface area contributed by atoms with Gasteiger partial charge in [-0.3, -0.25) is 9.59 Å². The largest absolute Gasteiger partial charge is 0.285 e. The Hall–Kier alpha value is -2.74. The third-order valence-electron chi connectivity index (χ3n) is 4.20. The zero-order chi connectivity index (χ0) is 14.6. The average Bonchev–Trinajstić information content (AvgIpc) is 2.52. The number of hydrogen-bond acceptors (Lipinski definition) is 2. The summed E-state index contributed by atoms with van der Waals surface area (Å²) in [5, 5.41) is 2.11.